The fourth-order valence-electron chi connectivity index (χ4n) is 2.22. The quantitative estimate of drug-likeness (QED) is 0.346. The van der Waals surface area contributed by atoms with Crippen LogP contribution in [0, 0.1) is 12.3 Å². The summed E-state index contributed by atoms with van der Waals surface area (Å²) in [5.41, 5.74) is 4.37. The topological polar surface area (TPSA) is 0 Å². The summed E-state index contributed by atoms with van der Waals surface area (Å²) in [5, 5.41) is 0. The molecule has 3 aliphatic rings. The predicted molar refractivity (Wildman–Crippen MR) is 50.4 cm³/mol. The second kappa shape index (κ2) is 3.29. The summed E-state index contributed by atoms with van der Waals surface area (Å²) in [6, 6.07) is 0. The second-order valence-corrected chi connectivity index (χ2v) is 3.64. The van der Waals surface area contributed by atoms with E-state index in [-0.39, 0.29) is 18.9 Å². The molecule has 0 bridgehead atoms. The van der Waals surface area contributed by atoms with Crippen molar-refractivity contribution in [2.75, 3.05) is 0 Å². The van der Waals surface area contributed by atoms with E-state index in [1.54, 1.807) is 0 Å². The van der Waals surface area contributed by atoms with Crippen LogP contribution in [0.5, 0.6) is 0 Å². The smallest absolute Gasteiger partial charge is 0.226 e. The standard InChI is InChI=1S/C12H11.Li/c1-3-9-7-11-5-2-6-12(11)8-10(9)4-1;/h1,3-5,7-8,12H,2,6H2;/q-1;+1. The molecule has 0 N–H and O–H groups in total. The first-order valence-corrected chi connectivity index (χ1v) is 4.59. The van der Waals surface area contributed by atoms with Crippen molar-refractivity contribution in [3.05, 3.63) is 53.5 Å². The van der Waals surface area contributed by atoms with Gasteiger partial charge in [-0.3, -0.25) is 0 Å². The maximum Gasteiger partial charge on any atom is 1.00 e. The van der Waals surface area contributed by atoms with E-state index < -0.39 is 0 Å². The molecule has 1 atom stereocenters. The molecule has 60 valence electrons. The third-order valence-corrected chi connectivity index (χ3v) is 2.87. The van der Waals surface area contributed by atoms with Crippen molar-refractivity contribution < 1.29 is 18.9 Å². The summed E-state index contributed by atoms with van der Waals surface area (Å²) in [5.74, 6) is 0.722. The van der Waals surface area contributed by atoms with Gasteiger partial charge in [0.25, 0.3) is 0 Å². The largest absolute Gasteiger partial charge is 1.00 e. The van der Waals surface area contributed by atoms with Crippen LogP contribution < -0.4 is 18.9 Å². The Morgan fingerprint density at radius 1 is 1.31 bits per heavy atom. The van der Waals surface area contributed by atoms with Crippen molar-refractivity contribution in [3.63, 3.8) is 0 Å². The third kappa shape index (κ3) is 1.35. The number of fused-ring (bicyclic) bond motifs is 2. The van der Waals surface area contributed by atoms with Crippen molar-refractivity contribution in [1.29, 1.82) is 0 Å². The van der Waals surface area contributed by atoms with Gasteiger partial charge in [-0.1, -0.05) is 36.3 Å². The molecule has 0 nitrogen and oxygen atoms in total. The number of hydrogen-bond acceptors (Lipinski definition) is 0. The first-order chi connectivity index (χ1) is 5.93. The zero-order valence-corrected chi connectivity index (χ0v) is 7.96. The fraction of sp³-hybridized carbons (Fsp3) is 0.250. The van der Waals surface area contributed by atoms with Crippen molar-refractivity contribution in [3.8, 4) is 0 Å². The van der Waals surface area contributed by atoms with E-state index >= 15 is 0 Å². The molecule has 1 heteroatoms. The van der Waals surface area contributed by atoms with Gasteiger partial charge in [0.15, 0.2) is 0 Å². The third-order valence-electron chi connectivity index (χ3n) is 2.87. The molecule has 0 amide bonds. The van der Waals surface area contributed by atoms with Crippen molar-refractivity contribution in [2.24, 2.45) is 5.92 Å². The van der Waals surface area contributed by atoms with Crippen LogP contribution in [-0.4, -0.2) is 0 Å². The van der Waals surface area contributed by atoms with E-state index in [1.165, 1.54) is 29.6 Å². The van der Waals surface area contributed by atoms with Crippen LogP contribution in [0.4, 0.5) is 0 Å². The molecule has 0 radical (unpaired) electrons. The Kier molecular flexibility index (Phi) is 2.28. The van der Waals surface area contributed by atoms with Crippen LogP contribution in [0.3, 0.4) is 0 Å². The number of hydrogen-bond donors (Lipinski definition) is 0. The first-order valence-electron chi connectivity index (χ1n) is 4.59. The summed E-state index contributed by atoms with van der Waals surface area (Å²) >= 11 is 0. The molecular weight excluding hydrogens is 151 g/mol. The van der Waals surface area contributed by atoms with E-state index in [9.17, 15) is 0 Å². The molecule has 13 heavy (non-hydrogen) atoms. The predicted octanol–water partition coefficient (Wildman–Crippen LogP) is -0.0327. The Morgan fingerprint density at radius 2 is 2.23 bits per heavy atom. The Morgan fingerprint density at radius 3 is 3.15 bits per heavy atom. The van der Waals surface area contributed by atoms with Gasteiger partial charge >= 0.3 is 18.9 Å². The average molecular weight is 162 g/mol. The molecule has 0 saturated heterocycles. The molecule has 0 heterocycles. The molecule has 0 spiro atoms. The Labute approximate surface area is 91.3 Å². The van der Waals surface area contributed by atoms with Gasteiger partial charge in [-0.05, 0) is 11.5 Å². The Hall–Kier alpha value is -0.573. The molecule has 0 aromatic carbocycles. The SMILES string of the molecule is C1=CC2=CC3CC[CH-]C3=CC2=C1.[Li+]. The van der Waals surface area contributed by atoms with E-state index in [4.69, 9.17) is 0 Å². The maximum atomic E-state index is 2.41. The van der Waals surface area contributed by atoms with Crippen LogP contribution in [0.15, 0.2) is 47.1 Å². The molecule has 1 saturated carbocycles. The van der Waals surface area contributed by atoms with Gasteiger partial charge in [-0.15, -0.1) is 6.42 Å². The van der Waals surface area contributed by atoms with Gasteiger partial charge in [0.2, 0.25) is 0 Å². The van der Waals surface area contributed by atoms with Crippen molar-refractivity contribution >= 4 is 0 Å². The molecule has 1 fully saturated rings. The van der Waals surface area contributed by atoms with Gasteiger partial charge < -0.3 is 0 Å². The molecular formula is C12H11Li. The van der Waals surface area contributed by atoms with Gasteiger partial charge in [-0.2, -0.15) is 6.08 Å². The summed E-state index contributed by atoms with van der Waals surface area (Å²) < 4.78 is 0. The van der Waals surface area contributed by atoms with E-state index in [0.29, 0.717) is 0 Å². The van der Waals surface area contributed by atoms with Gasteiger partial charge in [0, 0.05) is 0 Å². The summed E-state index contributed by atoms with van der Waals surface area (Å²) in [4.78, 5) is 0. The summed E-state index contributed by atoms with van der Waals surface area (Å²) in [7, 11) is 0. The molecule has 0 aromatic heterocycles. The zero-order valence-electron chi connectivity index (χ0n) is 7.96. The van der Waals surface area contributed by atoms with Gasteiger partial charge in [0.05, 0.1) is 0 Å². The summed E-state index contributed by atoms with van der Waals surface area (Å²) in [6.07, 6.45) is 16.2. The molecule has 1 unspecified atom stereocenters. The van der Waals surface area contributed by atoms with Crippen LogP contribution >= 0.6 is 0 Å². The van der Waals surface area contributed by atoms with E-state index in [0.717, 1.165) is 5.92 Å². The number of allylic oxidation sites excluding steroid dienone is 8. The van der Waals surface area contributed by atoms with Crippen LogP contribution in [-0.2, 0) is 0 Å². The second-order valence-electron chi connectivity index (χ2n) is 3.64. The maximum absolute atomic E-state index is 2.41. The van der Waals surface area contributed by atoms with Gasteiger partial charge in [-0.25, -0.2) is 12.0 Å². The minimum Gasteiger partial charge on any atom is -0.226 e. The fourth-order valence-corrected chi connectivity index (χ4v) is 2.22. The van der Waals surface area contributed by atoms with E-state index in [1.807, 2.05) is 0 Å². The zero-order chi connectivity index (χ0) is 7.97. The average Bonchev–Trinajstić information content (AvgIpc) is 2.64. The van der Waals surface area contributed by atoms with Crippen LogP contribution in [0.1, 0.15) is 12.8 Å². The normalized spacial score (nSPS) is 27.7. The minimum absolute atomic E-state index is 0. The molecule has 0 aromatic rings. The molecule has 3 aliphatic carbocycles. The van der Waals surface area contributed by atoms with Crippen molar-refractivity contribution in [1.82, 2.24) is 0 Å². The Bertz CT molecular complexity index is 342. The van der Waals surface area contributed by atoms with Crippen molar-refractivity contribution in [2.45, 2.75) is 12.8 Å². The monoisotopic (exact) mass is 162 g/mol. The Balaban J connectivity index is 0.000000653. The molecule has 3 rings (SSSR count). The van der Waals surface area contributed by atoms with Crippen LogP contribution in [0.25, 0.3) is 0 Å². The van der Waals surface area contributed by atoms with Gasteiger partial charge in [0.1, 0.15) is 0 Å². The summed E-state index contributed by atoms with van der Waals surface area (Å²) in [6.45, 7) is 0. The van der Waals surface area contributed by atoms with Crippen LogP contribution in [0.2, 0.25) is 0 Å². The minimum atomic E-state index is 0. The number of rotatable bonds is 0. The van der Waals surface area contributed by atoms with E-state index in [2.05, 4.69) is 36.8 Å². The first kappa shape index (κ1) is 9.00. The molecule has 0 aliphatic heterocycles.